The van der Waals surface area contributed by atoms with E-state index >= 15 is 0 Å². The molecule has 0 fully saturated rings. The van der Waals surface area contributed by atoms with Crippen molar-refractivity contribution in [3.63, 3.8) is 0 Å². The Kier molecular flexibility index (Phi) is 9.10. The van der Waals surface area contributed by atoms with Gasteiger partial charge in [-0.05, 0) is 47.8 Å². The normalized spacial score (nSPS) is 13.5. The fraction of sp³-hybridized carbons (Fsp3) is 0.688. The standard InChI is InChI=1S/C16H30N4S/c1-5-9-20(6-2)10-8-18-16(17-4)19-12-14(3)15-7-11-21-13-15/h7,11,13-14H,5-6,8-10,12H2,1-4H3,(H2,17,18,19). The molecule has 0 aliphatic rings. The first-order valence-electron chi connectivity index (χ1n) is 7.90. The van der Waals surface area contributed by atoms with E-state index in [2.05, 4.69) is 58.1 Å². The highest BCUT2D eigenvalue weighted by molar-refractivity contribution is 7.07. The first-order chi connectivity index (χ1) is 10.2. The summed E-state index contributed by atoms with van der Waals surface area (Å²) in [5, 5.41) is 11.1. The van der Waals surface area contributed by atoms with Crippen LogP contribution < -0.4 is 10.6 Å². The molecular formula is C16H30N4S. The molecule has 5 heteroatoms. The average molecular weight is 311 g/mol. The maximum atomic E-state index is 4.29. The van der Waals surface area contributed by atoms with E-state index in [0.717, 1.165) is 32.1 Å². The van der Waals surface area contributed by atoms with Crippen molar-refractivity contribution in [3.05, 3.63) is 22.4 Å². The molecule has 21 heavy (non-hydrogen) atoms. The van der Waals surface area contributed by atoms with Crippen LogP contribution in [0.4, 0.5) is 0 Å². The van der Waals surface area contributed by atoms with Gasteiger partial charge in [0.25, 0.3) is 0 Å². The van der Waals surface area contributed by atoms with Crippen LogP contribution in [-0.4, -0.2) is 50.6 Å². The fourth-order valence-electron chi connectivity index (χ4n) is 2.22. The van der Waals surface area contributed by atoms with Crippen LogP contribution in [0.2, 0.25) is 0 Å². The van der Waals surface area contributed by atoms with E-state index in [-0.39, 0.29) is 0 Å². The van der Waals surface area contributed by atoms with Gasteiger partial charge in [0.1, 0.15) is 0 Å². The van der Waals surface area contributed by atoms with Gasteiger partial charge in [-0.3, -0.25) is 4.99 Å². The van der Waals surface area contributed by atoms with Crippen molar-refractivity contribution in [3.8, 4) is 0 Å². The number of rotatable bonds is 9. The zero-order valence-electron chi connectivity index (χ0n) is 13.9. The molecule has 0 saturated carbocycles. The van der Waals surface area contributed by atoms with E-state index in [1.54, 1.807) is 11.3 Å². The minimum absolute atomic E-state index is 0.502. The van der Waals surface area contributed by atoms with Crippen molar-refractivity contribution in [2.45, 2.75) is 33.1 Å². The summed E-state index contributed by atoms with van der Waals surface area (Å²) >= 11 is 1.75. The number of likely N-dealkylation sites (N-methyl/N-ethyl adjacent to an activating group) is 1. The highest BCUT2D eigenvalue weighted by atomic mass is 32.1. The van der Waals surface area contributed by atoms with Gasteiger partial charge >= 0.3 is 0 Å². The van der Waals surface area contributed by atoms with Gasteiger partial charge in [-0.25, -0.2) is 0 Å². The smallest absolute Gasteiger partial charge is 0.191 e. The second-order valence-corrected chi connectivity index (χ2v) is 6.05. The maximum Gasteiger partial charge on any atom is 0.191 e. The third-order valence-electron chi connectivity index (χ3n) is 3.62. The van der Waals surface area contributed by atoms with Crippen molar-refractivity contribution in [1.82, 2.24) is 15.5 Å². The molecule has 1 unspecified atom stereocenters. The fourth-order valence-corrected chi connectivity index (χ4v) is 3.00. The van der Waals surface area contributed by atoms with Crippen molar-refractivity contribution >= 4 is 17.3 Å². The monoisotopic (exact) mass is 310 g/mol. The Morgan fingerprint density at radius 2 is 2.14 bits per heavy atom. The molecule has 0 amide bonds. The highest BCUT2D eigenvalue weighted by Crippen LogP contribution is 2.16. The largest absolute Gasteiger partial charge is 0.356 e. The van der Waals surface area contributed by atoms with Crippen molar-refractivity contribution < 1.29 is 0 Å². The summed E-state index contributed by atoms with van der Waals surface area (Å²) in [6.07, 6.45) is 1.21. The molecule has 1 rings (SSSR count). The van der Waals surface area contributed by atoms with Gasteiger partial charge in [0.2, 0.25) is 0 Å². The molecule has 1 aromatic rings. The molecule has 0 aliphatic heterocycles. The molecule has 120 valence electrons. The van der Waals surface area contributed by atoms with Gasteiger partial charge in [0.05, 0.1) is 0 Å². The lowest BCUT2D eigenvalue weighted by Gasteiger charge is -2.21. The van der Waals surface area contributed by atoms with Crippen LogP contribution in [-0.2, 0) is 0 Å². The number of guanidine groups is 1. The second-order valence-electron chi connectivity index (χ2n) is 5.27. The van der Waals surface area contributed by atoms with Gasteiger partial charge in [-0.15, -0.1) is 0 Å². The van der Waals surface area contributed by atoms with Gasteiger partial charge in [-0.1, -0.05) is 20.8 Å². The predicted octanol–water partition coefficient (Wildman–Crippen LogP) is 2.75. The summed E-state index contributed by atoms with van der Waals surface area (Å²) in [7, 11) is 1.83. The van der Waals surface area contributed by atoms with Crippen LogP contribution in [0.3, 0.4) is 0 Å². The van der Waals surface area contributed by atoms with Crippen LogP contribution in [0.5, 0.6) is 0 Å². The summed E-state index contributed by atoms with van der Waals surface area (Å²) in [4.78, 5) is 6.74. The second kappa shape index (κ2) is 10.6. The summed E-state index contributed by atoms with van der Waals surface area (Å²) in [5.74, 6) is 1.40. The van der Waals surface area contributed by atoms with Gasteiger partial charge in [0.15, 0.2) is 5.96 Å². The predicted molar refractivity (Wildman–Crippen MR) is 94.5 cm³/mol. The number of hydrogen-bond donors (Lipinski definition) is 2. The Bertz CT molecular complexity index is 389. The van der Waals surface area contributed by atoms with Gasteiger partial charge in [-0.2, -0.15) is 11.3 Å². The number of nitrogens with one attached hydrogen (secondary N) is 2. The molecule has 0 aliphatic carbocycles. The van der Waals surface area contributed by atoms with Gasteiger partial charge < -0.3 is 15.5 Å². The SMILES string of the molecule is CCCN(CC)CCNC(=NC)NCC(C)c1ccsc1. The maximum absolute atomic E-state index is 4.29. The Morgan fingerprint density at radius 1 is 1.33 bits per heavy atom. The average Bonchev–Trinajstić information content (AvgIpc) is 3.03. The third-order valence-corrected chi connectivity index (χ3v) is 4.32. The van der Waals surface area contributed by atoms with Crippen LogP contribution in [0.15, 0.2) is 21.8 Å². The molecule has 0 radical (unpaired) electrons. The van der Waals surface area contributed by atoms with Crippen molar-refractivity contribution in [2.24, 2.45) is 4.99 Å². The lowest BCUT2D eigenvalue weighted by Crippen LogP contribution is -2.42. The Balaban J connectivity index is 2.26. The Hall–Kier alpha value is -1.07. The summed E-state index contributed by atoms with van der Waals surface area (Å²) in [5.41, 5.74) is 1.39. The van der Waals surface area contributed by atoms with Crippen molar-refractivity contribution in [1.29, 1.82) is 0 Å². The molecule has 2 N–H and O–H groups in total. The van der Waals surface area contributed by atoms with E-state index in [0.29, 0.717) is 5.92 Å². The summed E-state index contributed by atoms with van der Waals surface area (Å²) in [6.45, 7) is 11.8. The van der Waals surface area contributed by atoms with Crippen molar-refractivity contribution in [2.75, 3.05) is 39.8 Å². The molecule has 1 aromatic heterocycles. The van der Waals surface area contributed by atoms with E-state index in [1.165, 1.54) is 18.5 Å². The number of hydrogen-bond acceptors (Lipinski definition) is 3. The molecule has 0 saturated heterocycles. The molecular weight excluding hydrogens is 280 g/mol. The molecule has 0 bridgehead atoms. The molecule has 1 atom stereocenters. The summed E-state index contributed by atoms with van der Waals surface area (Å²) < 4.78 is 0. The first-order valence-corrected chi connectivity index (χ1v) is 8.84. The lowest BCUT2D eigenvalue weighted by atomic mass is 10.1. The Morgan fingerprint density at radius 3 is 2.71 bits per heavy atom. The quantitative estimate of drug-likeness (QED) is 0.544. The Labute approximate surface area is 133 Å². The molecule has 1 heterocycles. The molecule has 4 nitrogen and oxygen atoms in total. The number of nitrogens with zero attached hydrogens (tertiary/aromatic N) is 2. The highest BCUT2D eigenvalue weighted by Gasteiger charge is 2.07. The summed E-state index contributed by atoms with van der Waals surface area (Å²) in [6, 6.07) is 2.19. The van der Waals surface area contributed by atoms with Crippen LogP contribution in [0, 0.1) is 0 Å². The first kappa shape index (κ1) is 18.0. The number of thiophene rings is 1. The third kappa shape index (κ3) is 6.96. The minimum atomic E-state index is 0.502. The van der Waals surface area contributed by atoms with Gasteiger partial charge in [0, 0.05) is 26.7 Å². The van der Waals surface area contributed by atoms with E-state index in [1.807, 2.05) is 7.05 Å². The minimum Gasteiger partial charge on any atom is -0.356 e. The van der Waals surface area contributed by atoms with Crippen LogP contribution >= 0.6 is 11.3 Å². The van der Waals surface area contributed by atoms with Crippen LogP contribution in [0.1, 0.15) is 38.7 Å². The van der Waals surface area contributed by atoms with E-state index < -0.39 is 0 Å². The van der Waals surface area contributed by atoms with E-state index in [9.17, 15) is 0 Å². The molecule has 0 spiro atoms. The van der Waals surface area contributed by atoms with Crippen LogP contribution in [0.25, 0.3) is 0 Å². The molecule has 0 aromatic carbocycles. The number of aliphatic imine (C=N–C) groups is 1. The lowest BCUT2D eigenvalue weighted by molar-refractivity contribution is 0.293. The zero-order valence-corrected chi connectivity index (χ0v) is 14.7. The zero-order chi connectivity index (χ0) is 15.5. The topological polar surface area (TPSA) is 39.7 Å². The van der Waals surface area contributed by atoms with E-state index in [4.69, 9.17) is 0 Å².